The average Bonchev–Trinajstić information content (AvgIpc) is 2.50. The number of ether oxygens (including phenoxy) is 1. The normalized spacial score (nSPS) is 20.0. The van der Waals surface area contributed by atoms with E-state index in [1.165, 1.54) is 12.8 Å². The van der Waals surface area contributed by atoms with Gasteiger partial charge in [-0.25, -0.2) is 0 Å². The highest BCUT2D eigenvalue weighted by Crippen LogP contribution is 2.23. The summed E-state index contributed by atoms with van der Waals surface area (Å²) in [5, 5.41) is 6.44. The first-order chi connectivity index (χ1) is 10.2. The minimum Gasteiger partial charge on any atom is -0.380 e. The number of methoxy groups -OCH3 is 1. The Bertz CT molecular complexity index is 456. The molecule has 1 amide bonds. The van der Waals surface area contributed by atoms with Crippen molar-refractivity contribution in [1.82, 2.24) is 5.32 Å². The van der Waals surface area contributed by atoms with Gasteiger partial charge in [0.2, 0.25) is 5.91 Å². The maximum atomic E-state index is 12.2. The first-order valence-electron chi connectivity index (χ1n) is 7.78. The molecule has 2 atom stereocenters. The molecule has 2 unspecified atom stereocenters. The van der Waals surface area contributed by atoms with Crippen molar-refractivity contribution in [3.05, 3.63) is 29.8 Å². The number of para-hydroxylation sites is 1. The lowest BCUT2D eigenvalue weighted by Crippen LogP contribution is -2.34. The van der Waals surface area contributed by atoms with E-state index in [1.54, 1.807) is 7.11 Å². The number of amides is 1. The fraction of sp³-hybridized carbons (Fsp3) is 0.588. The van der Waals surface area contributed by atoms with Gasteiger partial charge in [0, 0.05) is 24.8 Å². The highest BCUT2D eigenvalue weighted by Gasteiger charge is 2.22. The molecule has 0 bridgehead atoms. The van der Waals surface area contributed by atoms with Crippen LogP contribution in [0.25, 0.3) is 0 Å². The lowest BCUT2D eigenvalue weighted by molar-refractivity contribution is -0.117. The molecule has 0 saturated carbocycles. The molecule has 1 fully saturated rings. The highest BCUT2D eigenvalue weighted by molar-refractivity contribution is 5.91. The Hall–Kier alpha value is -1.39. The number of nitrogens with one attached hydrogen (secondary N) is 2. The molecular weight excluding hydrogens is 264 g/mol. The molecule has 1 saturated heterocycles. The Labute approximate surface area is 127 Å². The van der Waals surface area contributed by atoms with Crippen LogP contribution < -0.4 is 10.6 Å². The van der Waals surface area contributed by atoms with E-state index in [0.29, 0.717) is 24.9 Å². The minimum atomic E-state index is 0.0941. The fourth-order valence-electron chi connectivity index (χ4n) is 2.95. The highest BCUT2D eigenvalue weighted by atomic mass is 16.5. The van der Waals surface area contributed by atoms with Crippen LogP contribution in [0.2, 0.25) is 0 Å². The number of anilines is 1. The van der Waals surface area contributed by atoms with Crippen LogP contribution in [0, 0.1) is 11.8 Å². The van der Waals surface area contributed by atoms with E-state index in [4.69, 9.17) is 4.74 Å². The van der Waals surface area contributed by atoms with E-state index >= 15 is 0 Å². The fourth-order valence-corrected chi connectivity index (χ4v) is 2.95. The molecule has 1 aromatic carbocycles. The number of rotatable bonds is 6. The summed E-state index contributed by atoms with van der Waals surface area (Å²) in [7, 11) is 1.66. The van der Waals surface area contributed by atoms with Crippen molar-refractivity contribution < 1.29 is 9.53 Å². The van der Waals surface area contributed by atoms with Gasteiger partial charge in [-0.05, 0) is 43.8 Å². The van der Waals surface area contributed by atoms with Gasteiger partial charge < -0.3 is 15.4 Å². The molecular formula is C17H26N2O2. The summed E-state index contributed by atoms with van der Waals surface area (Å²) in [5.41, 5.74) is 1.87. The van der Waals surface area contributed by atoms with E-state index in [1.807, 2.05) is 24.3 Å². The molecule has 0 radical (unpaired) electrons. The molecule has 1 heterocycles. The van der Waals surface area contributed by atoms with E-state index in [0.717, 1.165) is 24.3 Å². The Kier molecular flexibility index (Phi) is 6.21. The van der Waals surface area contributed by atoms with Gasteiger partial charge >= 0.3 is 0 Å². The molecule has 0 aromatic heterocycles. The summed E-state index contributed by atoms with van der Waals surface area (Å²) in [5.74, 6) is 1.11. The van der Waals surface area contributed by atoms with Gasteiger partial charge in [-0.15, -0.1) is 0 Å². The Morgan fingerprint density at radius 1 is 1.48 bits per heavy atom. The standard InChI is InChI=1S/C17H26N2O2/c1-13(14-7-5-9-18-11-14)10-17(20)19-16-8-4-3-6-15(16)12-21-2/h3-4,6,8,13-14,18H,5,7,9-12H2,1-2H3,(H,19,20). The van der Waals surface area contributed by atoms with E-state index in [9.17, 15) is 4.79 Å². The number of piperidine rings is 1. The summed E-state index contributed by atoms with van der Waals surface area (Å²) in [4.78, 5) is 12.2. The zero-order valence-corrected chi connectivity index (χ0v) is 13.0. The van der Waals surface area contributed by atoms with Gasteiger partial charge in [0.15, 0.2) is 0 Å². The summed E-state index contributed by atoms with van der Waals surface area (Å²) in [6.45, 7) is 4.84. The van der Waals surface area contributed by atoms with Crippen molar-refractivity contribution >= 4 is 11.6 Å². The summed E-state index contributed by atoms with van der Waals surface area (Å²) >= 11 is 0. The lowest BCUT2D eigenvalue weighted by Gasteiger charge is -2.28. The topological polar surface area (TPSA) is 50.4 Å². The minimum absolute atomic E-state index is 0.0941. The molecule has 2 rings (SSSR count). The number of hydrogen-bond donors (Lipinski definition) is 2. The smallest absolute Gasteiger partial charge is 0.224 e. The van der Waals surface area contributed by atoms with Crippen LogP contribution in [0.3, 0.4) is 0 Å². The molecule has 116 valence electrons. The number of carbonyl (C=O) groups is 1. The number of hydrogen-bond acceptors (Lipinski definition) is 3. The van der Waals surface area contributed by atoms with Crippen LogP contribution in [-0.2, 0) is 16.1 Å². The quantitative estimate of drug-likeness (QED) is 0.847. The molecule has 4 heteroatoms. The van der Waals surface area contributed by atoms with Crippen LogP contribution in [0.15, 0.2) is 24.3 Å². The van der Waals surface area contributed by atoms with Crippen molar-refractivity contribution in [3.63, 3.8) is 0 Å². The number of benzene rings is 1. The van der Waals surface area contributed by atoms with Crippen LogP contribution in [-0.4, -0.2) is 26.1 Å². The van der Waals surface area contributed by atoms with E-state index in [-0.39, 0.29) is 5.91 Å². The van der Waals surface area contributed by atoms with Crippen molar-refractivity contribution in [3.8, 4) is 0 Å². The van der Waals surface area contributed by atoms with Gasteiger partial charge in [0.1, 0.15) is 0 Å². The van der Waals surface area contributed by atoms with Crippen LogP contribution >= 0.6 is 0 Å². The molecule has 0 aliphatic carbocycles. The predicted molar refractivity (Wildman–Crippen MR) is 85.2 cm³/mol. The SMILES string of the molecule is COCc1ccccc1NC(=O)CC(C)C1CCCNC1. The van der Waals surface area contributed by atoms with E-state index in [2.05, 4.69) is 17.6 Å². The average molecular weight is 290 g/mol. The summed E-state index contributed by atoms with van der Waals surface area (Å²) in [6, 6.07) is 7.80. The number of carbonyl (C=O) groups excluding carboxylic acids is 1. The molecule has 1 aliphatic heterocycles. The zero-order chi connectivity index (χ0) is 15.1. The largest absolute Gasteiger partial charge is 0.380 e. The first kappa shape index (κ1) is 16.0. The second kappa shape index (κ2) is 8.15. The first-order valence-corrected chi connectivity index (χ1v) is 7.78. The maximum absolute atomic E-state index is 12.2. The monoisotopic (exact) mass is 290 g/mol. The predicted octanol–water partition coefficient (Wildman–Crippen LogP) is 2.80. The van der Waals surface area contributed by atoms with Crippen LogP contribution in [0.5, 0.6) is 0 Å². The van der Waals surface area contributed by atoms with Crippen LogP contribution in [0.4, 0.5) is 5.69 Å². The summed E-state index contributed by atoms with van der Waals surface area (Å²) < 4.78 is 5.17. The van der Waals surface area contributed by atoms with Gasteiger partial charge in [0.25, 0.3) is 0 Å². The molecule has 21 heavy (non-hydrogen) atoms. The van der Waals surface area contributed by atoms with Crippen molar-refractivity contribution in [2.75, 3.05) is 25.5 Å². The summed E-state index contributed by atoms with van der Waals surface area (Å²) in [6.07, 6.45) is 3.02. The van der Waals surface area contributed by atoms with Gasteiger partial charge in [-0.2, -0.15) is 0 Å². The third-order valence-corrected chi connectivity index (χ3v) is 4.24. The van der Waals surface area contributed by atoms with Crippen LogP contribution in [0.1, 0.15) is 31.7 Å². The molecule has 0 spiro atoms. The Balaban J connectivity index is 1.89. The molecule has 4 nitrogen and oxygen atoms in total. The van der Waals surface area contributed by atoms with Gasteiger partial charge in [-0.1, -0.05) is 25.1 Å². The van der Waals surface area contributed by atoms with E-state index < -0.39 is 0 Å². The third kappa shape index (κ3) is 4.83. The Morgan fingerprint density at radius 3 is 3.00 bits per heavy atom. The second-order valence-electron chi connectivity index (χ2n) is 5.93. The lowest BCUT2D eigenvalue weighted by atomic mass is 9.85. The molecule has 2 N–H and O–H groups in total. The van der Waals surface area contributed by atoms with Crippen molar-refractivity contribution in [2.24, 2.45) is 11.8 Å². The third-order valence-electron chi connectivity index (χ3n) is 4.24. The van der Waals surface area contributed by atoms with Gasteiger partial charge in [-0.3, -0.25) is 4.79 Å². The molecule has 1 aromatic rings. The zero-order valence-electron chi connectivity index (χ0n) is 13.0. The van der Waals surface area contributed by atoms with Crippen molar-refractivity contribution in [2.45, 2.75) is 32.8 Å². The maximum Gasteiger partial charge on any atom is 0.224 e. The van der Waals surface area contributed by atoms with Crippen molar-refractivity contribution in [1.29, 1.82) is 0 Å². The second-order valence-corrected chi connectivity index (χ2v) is 5.93. The van der Waals surface area contributed by atoms with Gasteiger partial charge in [0.05, 0.1) is 6.61 Å². The Morgan fingerprint density at radius 2 is 2.29 bits per heavy atom. The molecule has 1 aliphatic rings.